The van der Waals surface area contributed by atoms with Crippen molar-refractivity contribution in [3.05, 3.63) is 32.7 Å². The number of carboxylic acids is 1. The molecule has 2 atom stereocenters. The number of rotatable bonds is 2. The first-order chi connectivity index (χ1) is 8.41. The monoisotopic (exact) mass is 375 g/mol. The van der Waals surface area contributed by atoms with Crippen LogP contribution in [0.5, 0.6) is 0 Å². The molecule has 0 radical (unpaired) electrons. The molecular formula is C12H11Br2NO3. The van der Waals surface area contributed by atoms with Gasteiger partial charge in [-0.15, -0.1) is 0 Å². The van der Waals surface area contributed by atoms with E-state index in [4.69, 9.17) is 0 Å². The number of hydrogen-bond acceptors (Lipinski definition) is 2. The first-order valence-electron chi connectivity index (χ1n) is 5.35. The first-order valence-corrected chi connectivity index (χ1v) is 6.94. The maximum atomic E-state index is 11.7. The van der Waals surface area contributed by atoms with Crippen molar-refractivity contribution in [3.63, 3.8) is 0 Å². The summed E-state index contributed by atoms with van der Waals surface area (Å²) in [6.45, 7) is 0. The second-order valence-electron chi connectivity index (χ2n) is 4.27. The third kappa shape index (κ3) is 2.31. The molecule has 0 aromatic heterocycles. The summed E-state index contributed by atoms with van der Waals surface area (Å²) >= 11 is 6.75. The SMILES string of the molecule is CN1C(=O)CC(C(=O)O)C1c1ccc(Br)c(Br)c1. The lowest BCUT2D eigenvalue weighted by molar-refractivity contribution is -0.142. The van der Waals surface area contributed by atoms with E-state index in [1.807, 2.05) is 18.2 Å². The van der Waals surface area contributed by atoms with Gasteiger partial charge in [-0.05, 0) is 49.6 Å². The number of carboxylic acid groups (broad SMARTS) is 1. The first kappa shape index (κ1) is 13.5. The van der Waals surface area contributed by atoms with Gasteiger partial charge in [0.05, 0.1) is 12.0 Å². The molecule has 0 spiro atoms. The Morgan fingerprint density at radius 1 is 1.39 bits per heavy atom. The summed E-state index contributed by atoms with van der Waals surface area (Å²) in [6.07, 6.45) is 0.0597. The maximum Gasteiger partial charge on any atom is 0.309 e. The summed E-state index contributed by atoms with van der Waals surface area (Å²) in [5.74, 6) is -1.75. The predicted molar refractivity (Wildman–Crippen MR) is 73.1 cm³/mol. The lowest BCUT2D eigenvalue weighted by Crippen LogP contribution is -2.26. The number of benzene rings is 1. The molecule has 2 unspecified atom stereocenters. The van der Waals surface area contributed by atoms with Crippen LogP contribution in [0.15, 0.2) is 27.1 Å². The number of amides is 1. The van der Waals surface area contributed by atoms with Gasteiger partial charge < -0.3 is 10.0 Å². The van der Waals surface area contributed by atoms with Crippen LogP contribution in [0.1, 0.15) is 18.0 Å². The minimum atomic E-state index is -0.934. The normalized spacial score (nSPS) is 23.5. The molecule has 1 aliphatic heterocycles. The quantitative estimate of drug-likeness (QED) is 0.863. The summed E-state index contributed by atoms with van der Waals surface area (Å²) in [7, 11) is 1.64. The Labute approximate surface area is 121 Å². The van der Waals surface area contributed by atoms with Gasteiger partial charge in [0.15, 0.2) is 0 Å². The standard InChI is InChI=1S/C12H11Br2NO3/c1-15-10(16)5-7(12(17)18)11(15)6-2-3-8(13)9(14)4-6/h2-4,7,11H,5H2,1H3,(H,17,18). The van der Waals surface area contributed by atoms with Crippen LogP contribution in [-0.2, 0) is 9.59 Å². The Morgan fingerprint density at radius 2 is 2.06 bits per heavy atom. The fourth-order valence-corrected chi connectivity index (χ4v) is 2.89. The van der Waals surface area contributed by atoms with Gasteiger partial charge in [-0.2, -0.15) is 0 Å². The Kier molecular flexibility index (Phi) is 3.77. The molecular weight excluding hydrogens is 366 g/mol. The number of halogens is 2. The summed E-state index contributed by atoms with van der Waals surface area (Å²) in [4.78, 5) is 24.4. The fourth-order valence-electron chi connectivity index (χ4n) is 2.24. The third-order valence-corrected chi connectivity index (χ3v) is 5.07. The van der Waals surface area contributed by atoms with Gasteiger partial charge in [0.25, 0.3) is 0 Å². The van der Waals surface area contributed by atoms with Crippen molar-refractivity contribution < 1.29 is 14.7 Å². The molecule has 1 saturated heterocycles. The zero-order valence-corrected chi connectivity index (χ0v) is 12.7. The highest BCUT2D eigenvalue weighted by molar-refractivity contribution is 9.13. The number of nitrogens with zero attached hydrogens (tertiary/aromatic N) is 1. The molecule has 2 rings (SSSR count). The van der Waals surface area contributed by atoms with Gasteiger partial charge in [0.1, 0.15) is 0 Å². The Bertz CT molecular complexity index is 518. The average molecular weight is 377 g/mol. The second-order valence-corrected chi connectivity index (χ2v) is 5.98. The van der Waals surface area contributed by atoms with E-state index in [0.29, 0.717) is 0 Å². The van der Waals surface area contributed by atoms with Crippen LogP contribution in [0.25, 0.3) is 0 Å². The molecule has 1 aliphatic rings. The Balaban J connectivity index is 2.42. The highest BCUT2D eigenvalue weighted by Crippen LogP contribution is 2.39. The van der Waals surface area contributed by atoms with Gasteiger partial charge in [-0.25, -0.2) is 0 Å². The van der Waals surface area contributed by atoms with Crippen molar-refractivity contribution in [1.29, 1.82) is 0 Å². The summed E-state index contributed by atoms with van der Waals surface area (Å²) in [5, 5.41) is 9.20. The van der Waals surface area contributed by atoms with E-state index in [9.17, 15) is 14.7 Å². The van der Waals surface area contributed by atoms with Crippen molar-refractivity contribution in [3.8, 4) is 0 Å². The Morgan fingerprint density at radius 3 is 2.61 bits per heavy atom. The predicted octanol–water partition coefficient (Wildman–Crippen LogP) is 2.82. The van der Waals surface area contributed by atoms with E-state index >= 15 is 0 Å². The van der Waals surface area contributed by atoms with E-state index in [1.165, 1.54) is 4.90 Å². The van der Waals surface area contributed by atoms with Gasteiger partial charge in [0.2, 0.25) is 5.91 Å². The number of aliphatic carboxylic acids is 1. The Hall–Kier alpha value is -0.880. The molecule has 4 nitrogen and oxygen atoms in total. The molecule has 0 aliphatic carbocycles. The molecule has 18 heavy (non-hydrogen) atoms. The van der Waals surface area contributed by atoms with Crippen LogP contribution in [0, 0.1) is 5.92 Å². The minimum Gasteiger partial charge on any atom is -0.481 e. The molecule has 1 aromatic rings. The third-order valence-electron chi connectivity index (χ3n) is 3.19. The lowest BCUT2D eigenvalue weighted by atomic mass is 9.94. The zero-order chi connectivity index (χ0) is 13.4. The molecule has 96 valence electrons. The zero-order valence-electron chi connectivity index (χ0n) is 9.56. The summed E-state index contributed by atoms with van der Waals surface area (Å²) < 4.78 is 1.74. The highest BCUT2D eigenvalue weighted by Gasteiger charge is 2.42. The topological polar surface area (TPSA) is 57.6 Å². The van der Waals surface area contributed by atoms with Crippen molar-refractivity contribution >= 4 is 43.7 Å². The van der Waals surface area contributed by atoms with E-state index in [0.717, 1.165) is 14.5 Å². The van der Waals surface area contributed by atoms with Gasteiger partial charge in [-0.3, -0.25) is 9.59 Å². The molecule has 1 fully saturated rings. The van der Waals surface area contributed by atoms with Gasteiger partial charge >= 0.3 is 5.97 Å². The lowest BCUT2D eigenvalue weighted by Gasteiger charge is -2.23. The highest BCUT2D eigenvalue weighted by atomic mass is 79.9. The minimum absolute atomic E-state index is 0.0597. The average Bonchev–Trinajstić information content (AvgIpc) is 2.60. The number of hydrogen-bond donors (Lipinski definition) is 1. The van der Waals surface area contributed by atoms with Gasteiger partial charge in [-0.1, -0.05) is 6.07 Å². The van der Waals surface area contributed by atoms with E-state index in [-0.39, 0.29) is 12.3 Å². The van der Waals surface area contributed by atoms with Crippen molar-refractivity contribution in [2.24, 2.45) is 5.92 Å². The van der Waals surface area contributed by atoms with Crippen LogP contribution in [-0.4, -0.2) is 28.9 Å². The van der Waals surface area contributed by atoms with Crippen LogP contribution >= 0.6 is 31.9 Å². The maximum absolute atomic E-state index is 11.7. The molecule has 0 saturated carbocycles. The summed E-state index contributed by atoms with van der Waals surface area (Å²) in [6, 6.07) is 5.12. The van der Waals surface area contributed by atoms with Crippen molar-refractivity contribution in [2.75, 3.05) is 7.05 Å². The molecule has 1 heterocycles. The van der Waals surface area contributed by atoms with Crippen molar-refractivity contribution in [2.45, 2.75) is 12.5 Å². The van der Waals surface area contributed by atoms with E-state index < -0.39 is 17.9 Å². The summed E-state index contributed by atoms with van der Waals surface area (Å²) in [5.41, 5.74) is 0.825. The van der Waals surface area contributed by atoms with Crippen LogP contribution < -0.4 is 0 Å². The van der Waals surface area contributed by atoms with Gasteiger partial charge in [0, 0.05) is 22.4 Å². The molecule has 1 aromatic carbocycles. The van der Waals surface area contributed by atoms with Crippen LogP contribution in [0.3, 0.4) is 0 Å². The molecule has 0 bridgehead atoms. The molecule has 6 heteroatoms. The van der Waals surface area contributed by atoms with Crippen LogP contribution in [0.2, 0.25) is 0 Å². The fraction of sp³-hybridized carbons (Fsp3) is 0.333. The van der Waals surface area contributed by atoms with E-state index in [2.05, 4.69) is 31.9 Å². The number of carbonyl (C=O) groups is 2. The largest absolute Gasteiger partial charge is 0.481 e. The van der Waals surface area contributed by atoms with Crippen molar-refractivity contribution in [1.82, 2.24) is 4.90 Å². The molecule has 1 N–H and O–H groups in total. The smallest absolute Gasteiger partial charge is 0.309 e. The molecule has 1 amide bonds. The van der Waals surface area contributed by atoms with Crippen LogP contribution in [0.4, 0.5) is 0 Å². The number of likely N-dealkylation sites (tertiary alicyclic amines) is 1. The van der Waals surface area contributed by atoms with E-state index in [1.54, 1.807) is 7.05 Å². The second kappa shape index (κ2) is 5.01. The number of carbonyl (C=O) groups excluding carboxylic acids is 1.